The quantitative estimate of drug-likeness (QED) is 0.862. The van der Waals surface area contributed by atoms with Gasteiger partial charge in [0.15, 0.2) is 0 Å². The summed E-state index contributed by atoms with van der Waals surface area (Å²) in [6, 6.07) is 5.80. The van der Waals surface area contributed by atoms with Crippen molar-refractivity contribution in [3.05, 3.63) is 42.4 Å². The average Bonchev–Trinajstić information content (AvgIpc) is 2.38. The topological polar surface area (TPSA) is 53.9 Å². The minimum atomic E-state index is 0.699. The van der Waals surface area contributed by atoms with Gasteiger partial charge in [-0.25, -0.2) is 4.98 Å². The van der Waals surface area contributed by atoms with Gasteiger partial charge < -0.3 is 10.2 Å². The number of anilines is 2. The molecule has 0 aliphatic carbocycles. The first kappa shape index (κ1) is 11.3. The molecule has 88 valence electrons. The van der Waals surface area contributed by atoms with Crippen molar-refractivity contribution in [3.63, 3.8) is 0 Å². The van der Waals surface area contributed by atoms with E-state index in [0.29, 0.717) is 5.95 Å². The molecule has 0 atom stereocenters. The van der Waals surface area contributed by atoms with Crippen LogP contribution in [0.5, 0.6) is 0 Å². The summed E-state index contributed by atoms with van der Waals surface area (Å²) < 4.78 is 0. The number of rotatable bonds is 4. The molecule has 2 rings (SSSR count). The number of nitrogens with one attached hydrogen (secondary N) is 1. The van der Waals surface area contributed by atoms with E-state index in [2.05, 4.69) is 20.3 Å². The molecule has 0 radical (unpaired) electrons. The van der Waals surface area contributed by atoms with E-state index in [4.69, 9.17) is 0 Å². The van der Waals surface area contributed by atoms with Gasteiger partial charge in [0.2, 0.25) is 5.95 Å². The molecule has 17 heavy (non-hydrogen) atoms. The molecular formula is C12H15N5. The van der Waals surface area contributed by atoms with Crippen molar-refractivity contribution in [3.8, 4) is 0 Å². The van der Waals surface area contributed by atoms with Crippen LogP contribution >= 0.6 is 0 Å². The van der Waals surface area contributed by atoms with Gasteiger partial charge in [-0.2, -0.15) is 4.98 Å². The number of aromatic nitrogens is 3. The Hall–Kier alpha value is -2.17. The van der Waals surface area contributed by atoms with Gasteiger partial charge in [0.25, 0.3) is 0 Å². The van der Waals surface area contributed by atoms with E-state index in [1.807, 2.05) is 37.2 Å². The van der Waals surface area contributed by atoms with Crippen molar-refractivity contribution >= 4 is 11.8 Å². The number of hydrogen-bond donors (Lipinski definition) is 1. The van der Waals surface area contributed by atoms with Gasteiger partial charge >= 0.3 is 0 Å². The molecule has 0 spiro atoms. The first-order valence-corrected chi connectivity index (χ1v) is 5.39. The third-order valence-electron chi connectivity index (χ3n) is 2.27. The van der Waals surface area contributed by atoms with Gasteiger partial charge in [-0.1, -0.05) is 0 Å². The summed E-state index contributed by atoms with van der Waals surface area (Å²) in [5.41, 5.74) is 1.17. The number of nitrogens with zero attached hydrogens (tertiary/aromatic N) is 4. The van der Waals surface area contributed by atoms with E-state index in [1.54, 1.807) is 18.6 Å². The summed E-state index contributed by atoms with van der Waals surface area (Å²) in [6.07, 6.45) is 5.31. The Balaban J connectivity index is 2.02. The SMILES string of the molecule is CN(C)c1nccc(NCc2ccncc2)n1. The van der Waals surface area contributed by atoms with Crippen LogP contribution in [0.15, 0.2) is 36.8 Å². The highest BCUT2D eigenvalue weighted by Gasteiger charge is 2.00. The lowest BCUT2D eigenvalue weighted by Crippen LogP contribution is -2.13. The molecule has 0 aromatic carbocycles. The van der Waals surface area contributed by atoms with E-state index in [1.165, 1.54) is 5.56 Å². The lowest BCUT2D eigenvalue weighted by Gasteiger charge is -2.11. The van der Waals surface area contributed by atoms with Crippen LogP contribution in [0.1, 0.15) is 5.56 Å². The lowest BCUT2D eigenvalue weighted by atomic mass is 10.3. The first-order valence-electron chi connectivity index (χ1n) is 5.39. The van der Waals surface area contributed by atoms with Gasteiger partial charge in [-0.15, -0.1) is 0 Å². The predicted molar refractivity (Wildman–Crippen MR) is 67.9 cm³/mol. The minimum Gasteiger partial charge on any atom is -0.366 e. The predicted octanol–water partition coefficient (Wildman–Crippen LogP) is 1.55. The maximum absolute atomic E-state index is 4.38. The highest BCUT2D eigenvalue weighted by Crippen LogP contribution is 2.09. The zero-order chi connectivity index (χ0) is 12.1. The maximum atomic E-state index is 4.38. The molecular weight excluding hydrogens is 214 g/mol. The normalized spacial score (nSPS) is 10.0. The summed E-state index contributed by atoms with van der Waals surface area (Å²) in [4.78, 5) is 14.4. The van der Waals surface area contributed by atoms with E-state index < -0.39 is 0 Å². The average molecular weight is 229 g/mol. The molecule has 0 fully saturated rings. The van der Waals surface area contributed by atoms with E-state index in [9.17, 15) is 0 Å². The highest BCUT2D eigenvalue weighted by molar-refractivity contribution is 5.40. The van der Waals surface area contributed by atoms with Crippen LogP contribution in [-0.4, -0.2) is 29.0 Å². The van der Waals surface area contributed by atoms with Crippen molar-refractivity contribution in [2.24, 2.45) is 0 Å². The molecule has 0 aliphatic heterocycles. The fraction of sp³-hybridized carbons (Fsp3) is 0.250. The monoisotopic (exact) mass is 229 g/mol. The van der Waals surface area contributed by atoms with Gasteiger partial charge in [0.1, 0.15) is 5.82 Å². The Bertz CT molecular complexity index is 469. The van der Waals surface area contributed by atoms with Crippen LogP contribution in [0.25, 0.3) is 0 Å². The molecule has 0 bridgehead atoms. The molecule has 0 aliphatic rings. The summed E-state index contributed by atoms with van der Waals surface area (Å²) >= 11 is 0. The van der Waals surface area contributed by atoms with Crippen LogP contribution in [0.2, 0.25) is 0 Å². The Morgan fingerprint density at radius 1 is 1.12 bits per heavy atom. The van der Waals surface area contributed by atoms with Crippen molar-refractivity contribution in [1.82, 2.24) is 15.0 Å². The van der Waals surface area contributed by atoms with Gasteiger partial charge in [0.05, 0.1) is 0 Å². The van der Waals surface area contributed by atoms with Gasteiger partial charge in [-0.05, 0) is 23.8 Å². The van der Waals surface area contributed by atoms with Crippen molar-refractivity contribution < 1.29 is 0 Å². The second-order valence-corrected chi connectivity index (χ2v) is 3.85. The maximum Gasteiger partial charge on any atom is 0.226 e. The van der Waals surface area contributed by atoms with Crippen LogP contribution < -0.4 is 10.2 Å². The fourth-order valence-corrected chi connectivity index (χ4v) is 1.36. The second-order valence-electron chi connectivity index (χ2n) is 3.85. The summed E-state index contributed by atoms with van der Waals surface area (Å²) in [6.45, 7) is 0.729. The third kappa shape index (κ3) is 3.14. The molecule has 2 heterocycles. The molecule has 2 aromatic rings. The van der Waals surface area contributed by atoms with Crippen molar-refractivity contribution in [2.75, 3.05) is 24.3 Å². The fourth-order valence-electron chi connectivity index (χ4n) is 1.36. The number of pyridine rings is 1. The zero-order valence-electron chi connectivity index (χ0n) is 9.96. The summed E-state index contributed by atoms with van der Waals surface area (Å²) in [5, 5.41) is 3.25. The van der Waals surface area contributed by atoms with Crippen LogP contribution in [0, 0.1) is 0 Å². The molecule has 0 saturated heterocycles. The van der Waals surface area contributed by atoms with E-state index in [0.717, 1.165) is 12.4 Å². The Labute approximate surface area is 101 Å². The second kappa shape index (κ2) is 5.25. The minimum absolute atomic E-state index is 0.699. The van der Waals surface area contributed by atoms with Gasteiger partial charge in [0, 0.05) is 39.2 Å². The first-order chi connectivity index (χ1) is 8.25. The van der Waals surface area contributed by atoms with Crippen molar-refractivity contribution in [2.45, 2.75) is 6.54 Å². The summed E-state index contributed by atoms with van der Waals surface area (Å²) in [5.74, 6) is 1.52. The van der Waals surface area contributed by atoms with Crippen LogP contribution in [-0.2, 0) is 6.54 Å². The van der Waals surface area contributed by atoms with Crippen LogP contribution in [0.4, 0.5) is 11.8 Å². The molecule has 0 saturated carbocycles. The zero-order valence-corrected chi connectivity index (χ0v) is 9.96. The van der Waals surface area contributed by atoms with Crippen molar-refractivity contribution in [1.29, 1.82) is 0 Å². The van der Waals surface area contributed by atoms with E-state index >= 15 is 0 Å². The smallest absolute Gasteiger partial charge is 0.226 e. The Morgan fingerprint density at radius 2 is 1.88 bits per heavy atom. The highest BCUT2D eigenvalue weighted by atomic mass is 15.2. The lowest BCUT2D eigenvalue weighted by molar-refractivity contribution is 0.987. The molecule has 0 amide bonds. The van der Waals surface area contributed by atoms with Gasteiger partial charge in [-0.3, -0.25) is 4.98 Å². The van der Waals surface area contributed by atoms with E-state index in [-0.39, 0.29) is 0 Å². The molecule has 0 unspecified atom stereocenters. The molecule has 5 heteroatoms. The molecule has 5 nitrogen and oxygen atoms in total. The third-order valence-corrected chi connectivity index (χ3v) is 2.27. The Kier molecular flexibility index (Phi) is 3.49. The molecule has 1 N–H and O–H groups in total. The number of hydrogen-bond acceptors (Lipinski definition) is 5. The summed E-state index contributed by atoms with van der Waals surface area (Å²) in [7, 11) is 3.84. The standard InChI is InChI=1S/C12H15N5/c1-17(2)12-14-8-5-11(16-12)15-9-10-3-6-13-7-4-10/h3-8H,9H2,1-2H3,(H,14,15,16). The largest absolute Gasteiger partial charge is 0.366 e. The molecule has 2 aromatic heterocycles. The van der Waals surface area contributed by atoms with Crippen LogP contribution in [0.3, 0.4) is 0 Å². The Morgan fingerprint density at radius 3 is 2.59 bits per heavy atom.